The molecule has 1 aromatic carbocycles. The van der Waals surface area contributed by atoms with Gasteiger partial charge in [-0.3, -0.25) is 9.69 Å². The Bertz CT molecular complexity index is 749. The zero-order valence-electron chi connectivity index (χ0n) is 14.6. The zero-order chi connectivity index (χ0) is 17.2. The SMILES string of the molecule is Cc1noc(C2CCN(CC(=O)N3CCc4ccccc4C3)CC2)n1. The van der Waals surface area contributed by atoms with E-state index >= 15 is 0 Å². The average molecular weight is 340 g/mol. The van der Waals surface area contributed by atoms with Gasteiger partial charge in [0.1, 0.15) is 0 Å². The van der Waals surface area contributed by atoms with E-state index in [2.05, 4.69) is 39.3 Å². The van der Waals surface area contributed by atoms with E-state index in [4.69, 9.17) is 4.52 Å². The van der Waals surface area contributed by atoms with Gasteiger partial charge in [-0.25, -0.2) is 0 Å². The van der Waals surface area contributed by atoms with Crippen LogP contribution in [0.1, 0.15) is 41.6 Å². The van der Waals surface area contributed by atoms with Gasteiger partial charge in [-0.1, -0.05) is 29.4 Å². The predicted molar refractivity (Wildman–Crippen MR) is 93.0 cm³/mol. The molecule has 6 heteroatoms. The molecule has 1 saturated heterocycles. The number of benzene rings is 1. The van der Waals surface area contributed by atoms with E-state index in [9.17, 15) is 4.79 Å². The van der Waals surface area contributed by atoms with Crippen molar-refractivity contribution in [2.75, 3.05) is 26.2 Å². The Morgan fingerprint density at radius 3 is 2.68 bits per heavy atom. The van der Waals surface area contributed by atoms with Crippen molar-refractivity contribution in [2.45, 2.75) is 38.6 Å². The van der Waals surface area contributed by atoms with Gasteiger partial charge in [-0.05, 0) is 50.4 Å². The molecular weight excluding hydrogens is 316 g/mol. The van der Waals surface area contributed by atoms with E-state index < -0.39 is 0 Å². The second-order valence-electron chi connectivity index (χ2n) is 7.06. The van der Waals surface area contributed by atoms with Gasteiger partial charge < -0.3 is 9.42 Å². The van der Waals surface area contributed by atoms with Crippen molar-refractivity contribution in [2.24, 2.45) is 0 Å². The molecule has 2 aromatic rings. The molecule has 1 amide bonds. The van der Waals surface area contributed by atoms with Crippen LogP contribution < -0.4 is 0 Å². The van der Waals surface area contributed by atoms with Gasteiger partial charge >= 0.3 is 0 Å². The minimum atomic E-state index is 0.238. The van der Waals surface area contributed by atoms with Crippen molar-refractivity contribution >= 4 is 5.91 Å². The number of hydrogen-bond acceptors (Lipinski definition) is 5. The number of likely N-dealkylation sites (tertiary alicyclic amines) is 1. The first-order valence-corrected chi connectivity index (χ1v) is 9.06. The monoisotopic (exact) mass is 340 g/mol. The second-order valence-corrected chi connectivity index (χ2v) is 7.06. The number of carbonyl (C=O) groups excluding carboxylic acids is 1. The molecule has 0 spiro atoms. The molecule has 4 rings (SSSR count). The first kappa shape index (κ1) is 16.3. The smallest absolute Gasteiger partial charge is 0.237 e. The number of aryl methyl sites for hydroxylation is 1. The lowest BCUT2D eigenvalue weighted by molar-refractivity contribution is -0.133. The van der Waals surface area contributed by atoms with Crippen LogP contribution in [0.15, 0.2) is 28.8 Å². The molecular formula is C19H24N4O2. The van der Waals surface area contributed by atoms with Crippen molar-refractivity contribution in [3.05, 3.63) is 47.1 Å². The van der Waals surface area contributed by atoms with Crippen molar-refractivity contribution < 1.29 is 9.32 Å². The van der Waals surface area contributed by atoms with Gasteiger partial charge in [0.15, 0.2) is 5.82 Å². The summed E-state index contributed by atoms with van der Waals surface area (Å²) >= 11 is 0. The summed E-state index contributed by atoms with van der Waals surface area (Å²) in [7, 11) is 0. The normalized spacial score (nSPS) is 19.0. The molecule has 0 saturated carbocycles. The molecule has 3 heterocycles. The van der Waals surface area contributed by atoms with Crippen LogP contribution in [0.4, 0.5) is 0 Å². The van der Waals surface area contributed by atoms with Crippen LogP contribution in [-0.2, 0) is 17.8 Å². The van der Waals surface area contributed by atoms with E-state index in [1.165, 1.54) is 11.1 Å². The Balaban J connectivity index is 1.29. The number of fused-ring (bicyclic) bond motifs is 1. The van der Waals surface area contributed by atoms with Crippen molar-refractivity contribution in [1.29, 1.82) is 0 Å². The number of carbonyl (C=O) groups is 1. The fourth-order valence-corrected chi connectivity index (χ4v) is 3.82. The highest BCUT2D eigenvalue weighted by atomic mass is 16.5. The summed E-state index contributed by atoms with van der Waals surface area (Å²) in [5.41, 5.74) is 2.66. The van der Waals surface area contributed by atoms with Crippen molar-refractivity contribution in [1.82, 2.24) is 19.9 Å². The lowest BCUT2D eigenvalue weighted by Gasteiger charge is -2.33. The molecule has 0 unspecified atom stereocenters. The van der Waals surface area contributed by atoms with Gasteiger partial charge in [0, 0.05) is 19.0 Å². The minimum Gasteiger partial charge on any atom is -0.339 e. The number of nitrogens with zero attached hydrogens (tertiary/aromatic N) is 4. The van der Waals surface area contributed by atoms with E-state index in [0.29, 0.717) is 18.3 Å². The molecule has 1 fully saturated rings. The van der Waals surface area contributed by atoms with Gasteiger partial charge in [0.2, 0.25) is 11.8 Å². The van der Waals surface area contributed by atoms with Crippen LogP contribution in [0.2, 0.25) is 0 Å². The van der Waals surface area contributed by atoms with Gasteiger partial charge in [0.05, 0.1) is 6.54 Å². The topological polar surface area (TPSA) is 62.5 Å². The number of aromatic nitrogens is 2. The van der Waals surface area contributed by atoms with Crippen LogP contribution >= 0.6 is 0 Å². The van der Waals surface area contributed by atoms with E-state index in [-0.39, 0.29) is 5.91 Å². The maximum absolute atomic E-state index is 12.7. The predicted octanol–water partition coefficient (Wildman–Crippen LogP) is 2.14. The van der Waals surface area contributed by atoms with E-state index in [1.807, 2.05) is 11.8 Å². The quantitative estimate of drug-likeness (QED) is 0.857. The Morgan fingerprint density at radius 1 is 1.20 bits per heavy atom. The second kappa shape index (κ2) is 6.96. The Morgan fingerprint density at radius 2 is 1.96 bits per heavy atom. The Hall–Kier alpha value is -2.21. The highest BCUT2D eigenvalue weighted by molar-refractivity contribution is 5.78. The molecule has 25 heavy (non-hydrogen) atoms. The highest BCUT2D eigenvalue weighted by Gasteiger charge is 2.27. The lowest BCUT2D eigenvalue weighted by atomic mass is 9.96. The molecule has 0 radical (unpaired) electrons. The standard InChI is InChI=1S/C19H24N4O2/c1-14-20-19(25-21-14)16-6-9-22(10-7-16)13-18(24)23-11-8-15-4-2-3-5-17(15)12-23/h2-5,16H,6-13H2,1H3. The average Bonchev–Trinajstić information content (AvgIpc) is 3.08. The number of rotatable bonds is 3. The maximum Gasteiger partial charge on any atom is 0.237 e. The van der Waals surface area contributed by atoms with Crippen molar-refractivity contribution in [3.63, 3.8) is 0 Å². The number of piperidine rings is 1. The molecule has 0 bridgehead atoms. The van der Waals surface area contributed by atoms with E-state index in [0.717, 1.165) is 51.3 Å². The summed E-state index contributed by atoms with van der Waals surface area (Å²) < 4.78 is 5.29. The van der Waals surface area contributed by atoms with Crippen LogP contribution in [0.3, 0.4) is 0 Å². The minimum absolute atomic E-state index is 0.238. The molecule has 2 aliphatic rings. The van der Waals surface area contributed by atoms with Crippen LogP contribution in [0.25, 0.3) is 0 Å². The van der Waals surface area contributed by atoms with Crippen molar-refractivity contribution in [3.8, 4) is 0 Å². The molecule has 0 aliphatic carbocycles. The number of hydrogen-bond donors (Lipinski definition) is 0. The van der Waals surface area contributed by atoms with Gasteiger partial charge in [-0.2, -0.15) is 4.98 Å². The summed E-state index contributed by atoms with van der Waals surface area (Å²) in [6, 6.07) is 8.43. The third kappa shape index (κ3) is 3.58. The highest BCUT2D eigenvalue weighted by Crippen LogP contribution is 2.27. The Labute approximate surface area is 147 Å². The van der Waals surface area contributed by atoms with Crippen LogP contribution in [0.5, 0.6) is 0 Å². The molecule has 0 atom stereocenters. The summed E-state index contributed by atoms with van der Waals surface area (Å²) in [5, 5.41) is 3.88. The molecule has 6 nitrogen and oxygen atoms in total. The third-order valence-electron chi connectivity index (χ3n) is 5.32. The molecule has 1 aromatic heterocycles. The fourth-order valence-electron chi connectivity index (χ4n) is 3.82. The zero-order valence-corrected chi connectivity index (χ0v) is 14.6. The number of amides is 1. The summed E-state index contributed by atoms with van der Waals surface area (Å²) in [6.45, 7) is 5.74. The summed E-state index contributed by atoms with van der Waals surface area (Å²) in [5.74, 6) is 2.00. The van der Waals surface area contributed by atoms with E-state index in [1.54, 1.807) is 0 Å². The van der Waals surface area contributed by atoms with Crippen LogP contribution in [-0.4, -0.2) is 52.0 Å². The summed E-state index contributed by atoms with van der Waals surface area (Å²) in [4.78, 5) is 21.3. The molecule has 0 N–H and O–H groups in total. The van der Waals surface area contributed by atoms with Gasteiger partial charge in [0.25, 0.3) is 0 Å². The summed E-state index contributed by atoms with van der Waals surface area (Å²) in [6.07, 6.45) is 2.90. The first-order chi connectivity index (χ1) is 12.2. The molecule has 2 aliphatic heterocycles. The van der Waals surface area contributed by atoms with Crippen LogP contribution in [0, 0.1) is 6.92 Å². The Kier molecular flexibility index (Phi) is 4.53. The third-order valence-corrected chi connectivity index (χ3v) is 5.32. The largest absolute Gasteiger partial charge is 0.339 e. The first-order valence-electron chi connectivity index (χ1n) is 9.06. The van der Waals surface area contributed by atoms with Gasteiger partial charge in [-0.15, -0.1) is 0 Å². The lowest BCUT2D eigenvalue weighted by Crippen LogP contribution is -2.44. The fraction of sp³-hybridized carbons (Fsp3) is 0.526. The maximum atomic E-state index is 12.7. The molecule has 132 valence electrons.